The molecule has 0 fully saturated rings. The molecule has 1 atom stereocenters. The van der Waals surface area contributed by atoms with Crippen LogP contribution in [0.1, 0.15) is 23.0 Å². The number of carbonyl (C=O) groups excluding carboxylic acids is 2. The van der Waals surface area contributed by atoms with Crippen molar-refractivity contribution in [1.82, 2.24) is 5.32 Å². The van der Waals surface area contributed by atoms with Crippen molar-refractivity contribution >= 4 is 17.5 Å². The van der Waals surface area contributed by atoms with Crippen LogP contribution in [0.5, 0.6) is 0 Å². The molecule has 2 aromatic heterocycles. The Morgan fingerprint density at radius 1 is 1.04 bits per heavy atom. The molecule has 1 unspecified atom stereocenters. The van der Waals surface area contributed by atoms with Gasteiger partial charge in [-0.1, -0.05) is 12.1 Å². The minimum absolute atomic E-state index is 0.163. The van der Waals surface area contributed by atoms with Crippen molar-refractivity contribution in [2.45, 2.75) is 20.0 Å². The highest BCUT2D eigenvalue weighted by atomic mass is 16.4. The molecule has 0 aliphatic carbocycles. The second-order valence-electron chi connectivity index (χ2n) is 6.11. The molecule has 0 aliphatic rings. The van der Waals surface area contributed by atoms with Crippen LogP contribution >= 0.6 is 0 Å². The number of anilines is 1. The molecule has 2 heterocycles. The number of benzene rings is 1. The maximum Gasteiger partial charge on any atom is 0.313 e. The fourth-order valence-electron chi connectivity index (χ4n) is 2.52. The van der Waals surface area contributed by atoms with Gasteiger partial charge >= 0.3 is 11.8 Å². The van der Waals surface area contributed by atoms with Crippen molar-refractivity contribution in [2.24, 2.45) is 0 Å². The third-order valence-electron chi connectivity index (χ3n) is 4.23. The Labute approximate surface area is 156 Å². The molecular weight excluding hydrogens is 348 g/mol. The topological polar surface area (TPSA) is 105 Å². The van der Waals surface area contributed by atoms with Gasteiger partial charge in [-0.05, 0) is 55.3 Å². The quantitative estimate of drug-likeness (QED) is 0.601. The number of amides is 2. The predicted molar refractivity (Wildman–Crippen MR) is 98.9 cm³/mol. The van der Waals surface area contributed by atoms with E-state index in [1.807, 2.05) is 19.9 Å². The van der Waals surface area contributed by atoms with Crippen molar-refractivity contribution in [1.29, 1.82) is 0 Å². The molecule has 0 saturated carbocycles. The molecule has 27 heavy (non-hydrogen) atoms. The number of furan rings is 2. The van der Waals surface area contributed by atoms with Gasteiger partial charge in [0.2, 0.25) is 0 Å². The van der Waals surface area contributed by atoms with Crippen LogP contribution < -0.4 is 10.6 Å². The van der Waals surface area contributed by atoms with Crippen molar-refractivity contribution in [3.63, 3.8) is 0 Å². The monoisotopic (exact) mass is 368 g/mol. The van der Waals surface area contributed by atoms with Gasteiger partial charge in [0.25, 0.3) is 0 Å². The summed E-state index contributed by atoms with van der Waals surface area (Å²) in [6, 6.07) is 12.1. The van der Waals surface area contributed by atoms with Crippen LogP contribution in [0.25, 0.3) is 11.5 Å². The number of aryl methyl sites for hydroxylation is 1. The van der Waals surface area contributed by atoms with E-state index in [9.17, 15) is 14.7 Å². The number of rotatable bonds is 5. The predicted octanol–water partition coefficient (Wildman–Crippen LogP) is 2.94. The van der Waals surface area contributed by atoms with E-state index in [1.165, 1.54) is 6.26 Å². The van der Waals surface area contributed by atoms with Crippen LogP contribution in [0.15, 0.2) is 57.6 Å². The fraction of sp³-hybridized carbons (Fsp3) is 0.200. The number of hydrogen-bond donors (Lipinski definition) is 3. The van der Waals surface area contributed by atoms with E-state index in [0.29, 0.717) is 17.2 Å². The third kappa shape index (κ3) is 4.27. The highest BCUT2D eigenvalue weighted by Crippen LogP contribution is 2.25. The van der Waals surface area contributed by atoms with Gasteiger partial charge in [0.15, 0.2) is 11.5 Å². The van der Waals surface area contributed by atoms with Crippen LogP contribution in [0.2, 0.25) is 0 Å². The van der Waals surface area contributed by atoms with Crippen LogP contribution in [-0.2, 0) is 9.59 Å². The molecule has 0 radical (unpaired) electrons. The lowest BCUT2D eigenvalue weighted by molar-refractivity contribution is -0.136. The van der Waals surface area contributed by atoms with Gasteiger partial charge < -0.3 is 24.6 Å². The molecule has 140 valence electrons. The van der Waals surface area contributed by atoms with Crippen LogP contribution in [0.3, 0.4) is 0 Å². The molecule has 0 aliphatic heterocycles. The Hall–Kier alpha value is -3.32. The largest absolute Gasteiger partial charge is 0.461 e. The Balaban J connectivity index is 1.55. The number of carbonyl (C=O) groups is 2. The van der Waals surface area contributed by atoms with E-state index < -0.39 is 17.9 Å². The normalized spacial score (nSPS) is 11.8. The Bertz CT molecular complexity index is 943. The second-order valence-corrected chi connectivity index (χ2v) is 6.11. The zero-order valence-electron chi connectivity index (χ0n) is 15.0. The summed E-state index contributed by atoms with van der Waals surface area (Å²) in [4.78, 5) is 24.0. The van der Waals surface area contributed by atoms with Crippen molar-refractivity contribution in [2.75, 3.05) is 11.9 Å². The maximum atomic E-state index is 12.0. The van der Waals surface area contributed by atoms with Crippen LogP contribution in [-0.4, -0.2) is 23.5 Å². The van der Waals surface area contributed by atoms with Crippen LogP contribution in [0, 0.1) is 13.8 Å². The third-order valence-corrected chi connectivity index (χ3v) is 4.23. The first-order valence-electron chi connectivity index (χ1n) is 8.43. The first kappa shape index (κ1) is 18.5. The average Bonchev–Trinajstić information content (AvgIpc) is 3.34. The zero-order chi connectivity index (χ0) is 19.4. The minimum Gasteiger partial charge on any atom is -0.461 e. The van der Waals surface area contributed by atoms with E-state index in [2.05, 4.69) is 10.6 Å². The lowest BCUT2D eigenvalue weighted by Crippen LogP contribution is -2.37. The Morgan fingerprint density at radius 2 is 1.85 bits per heavy atom. The molecule has 3 rings (SSSR count). The molecular formula is C20H20N2O5. The van der Waals surface area contributed by atoms with Crippen molar-refractivity contribution in [3.05, 3.63) is 65.6 Å². The molecule has 3 N–H and O–H groups in total. The van der Waals surface area contributed by atoms with Gasteiger partial charge in [-0.3, -0.25) is 9.59 Å². The molecule has 0 spiro atoms. The molecule has 7 heteroatoms. The summed E-state index contributed by atoms with van der Waals surface area (Å²) < 4.78 is 10.7. The average molecular weight is 368 g/mol. The number of hydrogen-bond acceptors (Lipinski definition) is 5. The molecule has 1 aromatic carbocycles. The summed E-state index contributed by atoms with van der Waals surface area (Å²) in [5.41, 5.74) is 2.47. The Morgan fingerprint density at radius 3 is 2.59 bits per heavy atom. The van der Waals surface area contributed by atoms with E-state index in [0.717, 1.165) is 11.1 Å². The molecule has 7 nitrogen and oxygen atoms in total. The smallest absolute Gasteiger partial charge is 0.313 e. The standard InChI is InChI=1S/C20H20N2O5/c1-12-5-3-6-14(13(12)2)22-20(25)19(24)21-11-15(23)16-8-9-18(27-16)17-7-4-10-26-17/h3-10,15,23H,11H2,1-2H3,(H,21,24)(H,22,25). The summed E-state index contributed by atoms with van der Waals surface area (Å²) in [6.07, 6.45) is 0.425. The van der Waals surface area contributed by atoms with E-state index in [4.69, 9.17) is 8.83 Å². The van der Waals surface area contributed by atoms with E-state index >= 15 is 0 Å². The first-order chi connectivity index (χ1) is 13.0. The maximum absolute atomic E-state index is 12.0. The second kappa shape index (κ2) is 7.92. The highest BCUT2D eigenvalue weighted by molar-refractivity contribution is 6.39. The minimum atomic E-state index is -1.09. The summed E-state index contributed by atoms with van der Waals surface area (Å²) >= 11 is 0. The van der Waals surface area contributed by atoms with Crippen LogP contribution in [0.4, 0.5) is 5.69 Å². The number of aliphatic hydroxyl groups is 1. The lowest BCUT2D eigenvalue weighted by atomic mass is 10.1. The highest BCUT2D eigenvalue weighted by Gasteiger charge is 2.19. The van der Waals surface area contributed by atoms with Gasteiger partial charge in [-0.2, -0.15) is 0 Å². The first-order valence-corrected chi connectivity index (χ1v) is 8.43. The summed E-state index contributed by atoms with van der Waals surface area (Å²) in [5.74, 6) is -0.380. The van der Waals surface area contributed by atoms with Gasteiger partial charge in [-0.25, -0.2) is 0 Å². The SMILES string of the molecule is Cc1cccc(NC(=O)C(=O)NCC(O)c2ccc(-c3ccco3)o2)c1C. The summed E-state index contributed by atoms with van der Waals surface area (Å²) in [7, 11) is 0. The summed E-state index contributed by atoms with van der Waals surface area (Å²) in [5, 5.41) is 15.1. The molecule has 0 bridgehead atoms. The van der Waals surface area contributed by atoms with Crippen molar-refractivity contribution in [3.8, 4) is 11.5 Å². The van der Waals surface area contributed by atoms with E-state index in [-0.39, 0.29) is 12.3 Å². The molecule has 3 aromatic rings. The fourth-order valence-corrected chi connectivity index (χ4v) is 2.52. The summed E-state index contributed by atoms with van der Waals surface area (Å²) in [6.45, 7) is 3.62. The lowest BCUT2D eigenvalue weighted by Gasteiger charge is -2.12. The van der Waals surface area contributed by atoms with Gasteiger partial charge in [0.1, 0.15) is 11.9 Å². The van der Waals surface area contributed by atoms with Gasteiger partial charge in [0.05, 0.1) is 12.8 Å². The number of aliphatic hydroxyl groups excluding tert-OH is 1. The Kier molecular flexibility index (Phi) is 5.42. The van der Waals surface area contributed by atoms with Crippen molar-refractivity contribution < 1.29 is 23.5 Å². The van der Waals surface area contributed by atoms with Gasteiger partial charge in [0, 0.05) is 5.69 Å². The number of nitrogens with one attached hydrogen (secondary N) is 2. The van der Waals surface area contributed by atoms with E-state index in [1.54, 1.807) is 36.4 Å². The molecule has 2 amide bonds. The molecule has 0 saturated heterocycles. The van der Waals surface area contributed by atoms with Gasteiger partial charge in [-0.15, -0.1) is 0 Å². The zero-order valence-corrected chi connectivity index (χ0v) is 15.0.